The predicted molar refractivity (Wildman–Crippen MR) is 83.6 cm³/mol. The van der Waals surface area contributed by atoms with E-state index in [1.54, 1.807) is 17.1 Å². The van der Waals surface area contributed by atoms with E-state index in [-0.39, 0.29) is 24.9 Å². The van der Waals surface area contributed by atoms with E-state index in [4.69, 9.17) is 4.74 Å². The molecule has 1 fully saturated rings. The lowest BCUT2D eigenvalue weighted by molar-refractivity contribution is -0.133. The summed E-state index contributed by atoms with van der Waals surface area (Å²) in [6.45, 7) is 3.25. The van der Waals surface area contributed by atoms with Gasteiger partial charge in [0.2, 0.25) is 0 Å². The van der Waals surface area contributed by atoms with Gasteiger partial charge in [0.25, 0.3) is 5.91 Å². The molecule has 0 saturated carbocycles. The number of nitrogens with zero attached hydrogens (tertiary/aromatic N) is 4. The average Bonchev–Trinajstić information content (AvgIpc) is 3.08. The fraction of sp³-hybridized carbons (Fsp3) is 0.357. The number of nitrogens with one attached hydrogen (secondary N) is 1. The van der Waals surface area contributed by atoms with Crippen LogP contribution >= 0.6 is 12.4 Å². The third-order valence-electron chi connectivity index (χ3n) is 3.36. The Bertz CT molecular complexity index is 582. The zero-order chi connectivity index (χ0) is 14.5. The van der Waals surface area contributed by atoms with Gasteiger partial charge in [-0.2, -0.15) is 0 Å². The van der Waals surface area contributed by atoms with E-state index >= 15 is 0 Å². The molecule has 2 heterocycles. The van der Waals surface area contributed by atoms with Crippen LogP contribution in [0.3, 0.4) is 0 Å². The van der Waals surface area contributed by atoms with Gasteiger partial charge in [0.15, 0.2) is 6.61 Å². The molecule has 0 atom stereocenters. The van der Waals surface area contributed by atoms with Crippen molar-refractivity contribution in [3.8, 4) is 11.4 Å². The van der Waals surface area contributed by atoms with E-state index in [0.717, 1.165) is 31.9 Å². The maximum absolute atomic E-state index is 12.0. The van der Waals surface area contributed by atoms with E-state index in [0.29, 0.717) is 5.75 Å². The van der Waals surface area contributed by atoms with Crippen LogP contribution in [0.1, 0.15) is 0 Å². The molecule has 1 amide bonds. The number of carbonyl (C=O) groups is 1. The summed E-state index contributed by atoms with van der Waals surface area (Å²) in [5.74, 6) is 0.694. The summed E-state index contributed by atoms with van der Waals surface area (Å²) < 4.78 is 7.20. The molecule has 8 heteroatoms. The molecule has 1 aliphatic rings. The maximum atomic E-state index is 12.0. The van der Waals surface area contributed by atoms with E-state index in [2.05, 4.69) is 15.6 Å². The monoisotopic (exact) mass is 323 g/mol. The SMILES string of the molecule is Cl.O=C(COc1ccc(-n2ccnn2)cc1)N1CCNCC1. The van der Waals surface area contributed by atoms with E-state index in [1.165, 1.54) is 0 Å². The van der Waals surface area contributed by atoms with Crippen LogP contribution in [0.5, 0.6) is 5.75 Å². The second-order valence-electron chi connectivity index (χ2n) is 4.76. The van der Waals surface area contributed by atoms with E-state index in [1.807, 2.05) is 29.2 Å². The van der Waals surface area contributed by atoms with Crippen molar-refractivity contribution in [2.45, 2.75) is 0 Å². The van der Waals surface area contributed by atoms with Crippen LogP contribution in [0.2, 0.25) is 0 Å². The minimum absolute atomic E-state index is 0. The quantitative estimate of drug-likeness (QED) is 0.887. The van der Waals surface area contributed by atoms with Crippen LogP contribution in [0.25, 0.3) is 5.69 Å². The molecule has 0 aliphatic carbocycles. The lowest BCUT2D eigenvalue weighted by atomic mass is 10.3. The van der Waals surface area contributed by atoms with Crippen molar-refractivity contribution in [1.29, 1.82) is 0 Å². The Kier molecular flexibility index (Phi) is 5.74. The molecule has 1 aliphatic heterocycles. The number of rotatable bonds is 4. The number of hydrogen-bond donors (Lipinski definition) is 1. The molecular formula is C14H18ClN5O2. The average molecular weight is 324 g/mol. The van der Waals surface area contributed by atoms with Crippen molar-refractivity contribution in [2.24, 2.45) is 0 Å². The first kappa shape index (κ1) is 16.3. The number of hydrogen-bond acceptors (Lipinski definition) is 5. The molecule has 1 aromatic carbocycles. The minimum Gasteiger partial charge on any atom is -0.484 e. The van der Waals surface area contributed by atoms with Crippen molar-refractivity contribution in [1.82, 2.24) is 25.2 Å². The highest BCUT2D eigenvalue weighted by Gasteiger charge is 2.16. The van der Waals surface area contributed by atoms with Gasteiger partial charge in [0.1, 0.15) is 5.75 Å². The predicted octanol–water partition coefficient (Wildman–Crippen LogP) is 0.500. The smallest absolute Gasteiger partial charge is 0.260 e. The summed E-state index contributed by atoms with van der Waals surface area (Å²) in [7, 11) is 0. The highest BCUT2D eigenvalue weighted by Crippen LogP contribution is 2.14. The molecule has 0 unspecified atom stereocenters. The van der Waals surface area contributed by atoms with Crippen LogP contribution in [-0.4, -0.2) is 58.6 Å². The van der Waals surface area contributed by atoms with E-state index in [9.17, 15) is 4.79 Å². The Hall–Kier alpha value is -2.12. The summed E-state index contributed by atoms with van der Waals surface area (Å²) in [4.78, 5) is 13.8. The number of carbonyl (C=O) groups excluding carboxylic acids is 1. The van der Waals surface area contributed by atoms with Crippen LogP contribution in [0, 0.1) is 0 Å². The van der Waals surface area contributed by atoms with Gasteiger partial charge in [0, 0.05) is 26.2 Å². The first-order valence-electron chi connectivity index (χ1n) is 6.91. The fourth-order valence-corrected chi connectivity index (χ4v) is 2.19. The second-order valence-corrected chi connectivity index (χ2v) is 4.76. The zero-order valence-electron chi connectivity index (χ0n) is 12.0. The van der Waals surface area contributed by atoms with Gasteiger partial charge in [-0.15, -0.1) is 17.5 Å². The summed E-state index contributed by atoms with van der Waals surface area (Å²) in [6.07, 6.45) is 3.39. The largest absolute Gasteiger partial charge is 0.484 e. The highest BCUT2D eigenvalue weighted by atomic mass is 35.5. The van der Waals surface area contributed by atoms with Gasteiger partial charge in [0.05, 0.1) is 18.1 Å². The van der Waals surface area contributed by atoms with Gasteiger partial charge in [-0.1, -0.05) is 5.21 Å². The lowest BCUT2D eigenvalue weighted by Crippen LogP contribution is -2.47. The van der Waals surface area contributed by atoms with Crippen LogP contribution in [0.15, 0.2) is 36.7 Å². The molecule has 1 saturated heterocycles. The van der Waals surface area contributed by atoms with Gasteiger partial charge in [-0.3, -0.25) is 4.79 Å². The number of piperazine rings is 1. The summed E-state index contributed by atoms with van der Waals surface area (Å²) in [5.41, 5.74) is 0.897. The van der Waals surface area contributed by atoms with Crippen LogP contribution < -0.4 is 10.1 Å². The number of ether oxygens (including phenoxy) is 1. The molecular weight excluding hydrogens is 306 g/mol. The van der Waals surface area contributed by atoms with Gasteiger partial charge >= 0.3 is 0 Å². The molecule has 0 bridgehead atoms. The summed E-state index contributed by atoms with van der Waals surface area (Å²) in [5, 5.41) is 10.9. The Morgan fingerprint density at radius 3 is 2.59 bits per heavy atom. The number of benzene rings is 1. The number of amides is 1. The van der Waals surface area contributed by atoms with Crippen molar-refractivity contribution in [2.75, 3.05) is 32.8 Å². The molecule has 3 rings (SSSR count). The lowest BCUT2D eigenvalue weighted by Gasteiger charge is -2.27. The third kappa shape index (κ3) is 3.96. The first-order valence-corrected chi connectivity index (χ1v) is 6.91. The maximum Gasteiger partial charge on any atom is 0.260 e. The van der Waals surface area contributed by atoms with Crippen molar-refractivity contribution < 1.29 is 9.53 Å². The van der Waals surface area contributed by atoms with Crippen molar-refractivity contribution >= 4 is 18.3 Å². The first-order chi connectivity index (χ1) is 10.3. The molecule has 1 N–H and O–H groups in total. The van der Waals surface area contributed by atoms with Gasteiger partial charge < -0.3 is 15.0 Å². The summed E-state index contributed by atoms with van der Waals surface area (Å²) >= 11 is 0. The number of halogens is 1. The number of aromatic nitrogens is 3. The van der Waals surface area contributed by atoms with Crippen LogP contribution in [-0.2, 0) is 4.79 Å². The molecule has 7 nitrogen and oxygen atoms in total. The van der Waals surface area contributed by atoms with Crippen LogP contribution in [0.4, 0.5) is 0 Å². The van der Waals surface area contributed by atoms with Gasteiger partial charge in [-0.25, -0.2) is 4.68 Å². The fourth-order valence-electron chi connectivity index (χ4n) is 2.19. The van der Waals surface area contributed by atoms with Crippen molar-refractivity contribution in [3.63, 3.8) is 0 Å². The molecule has 118 valence electrons. The molecule has 22 heavy (non-hydrogen) atoms. The normalized spacial score (nSPS) is 14.3. The highest BCUT2D eigenvalue weighted by molar-refractivity contribution is 5.85. The molecule has 1 aromatic heterocycles. The second kappa shape index (κ2) is 7.77. The zero-order valence-corrected chi connectivity index (χ0v) is 12.8. The Balaban J connectivity index is 0.00000176. The Labute approximate surface area is 134 Å². The third-order valence-corrected chi connectivity index (χ3v) is 3.36. The van der Waals surface area contributed by atoms with Crippen molar-refractivity contribution in [3.05, 3.63) is 36.7 Å². The topological polar surface area (TPSA) is 72.3 Å². The Morgan fingerprint density at radius 1 is 1.23 bits per heavy atom. The molecule has 2 aromatic rings. The van der Waals surface area contributed by atoms with E-state index < -0.39 is 0 Å². The Morgan fingerprint density at radius 2 is 1.95 bits per heavy atom. The van der Waals surface area contributed by atoms with Gasteiger partial charge in [-0.05, 0) is 24.3 Å². The summed E-state index contributed by atoms with van der Waals surface area (Å²) in [6, 6.07) is 7.39. The standard InChI is InChI=1S/C14H17N5O2.ClH/c20-14(18-8-5-15-6-9-18)11-21-13-3-1-12(2-4-13)19-10-7-16-17-19;/h1-4,7,10,15H,5-6,8-9,11H2;1H. The molecule has 0 radical (unpaired) electrons. The minimum atomic E-state index is 0. The molecule has 0 spiro atoms.